The quantitative estimate of drug-likeness (QED) is 0.327. The van der Waals surface area contributed by atoms with Crippen LogP contribution in [0, 0.1) is 5.92 Å². The highest BCUT2D eigenvalue weighted by atomic mass is 32.2. The Balaban J connectivity index is 2.37. The Morgan fingerprint density at radius 1 is 1.35 bits per heavy atom. The molecule has 100 valence electrons. The molecule has 0 N–H and O–H groups in total. The van der Waals surface area contributed by atoms with E-state index in [1.165, 1.54) is 0 Å². The summed E-state index contributed by atoms with van der Waals surface area (Å²) in [4.78, 5) is 11.1. The summed E-state index contributed by atoms with van der Waals surface area (Å²) in [5.74, 6) is -1.18. The zero-order chi connectivity index (χ0) is 12.9. The maximum absolute atomic E-state index is 13.0. The van der Waals surface area contributed by atoms with Crippen molar-refractivity contribution in [3.63, 3.8) is 0 Å². The van der Waals surface area contributed by atoms with Gasteiger partial charge in [-0.15, -0.1) is 0 Å². The van der Waals surface area contributed by atoms with Crippen LogP contribution in [0.5, 0.6) is 0 Å². The van der Waals surface area contributed by atoms with Crippen LogP contribution in [0.15, 0.2) is 0 Å². The lowest BCUT2D eigenvalue weighted by Gasteiger charge is -2.27. The second-order valence-electron chi connectivity index (χ2n) is 4.02. The molecule has 0 spiro atoms. The van der Waals surface area contributed by atoms with E-state index < -0.39 is 29.4 Å². The highest BCUT2D eigenvalue weighted by Gasteiger charge is 2.45. The summed E-state index contributed by atoms with van der Waals surface area (Å²) in [6, 6.07) is 0. The molecule has 0 aromatic heterocycles. The molecular weight excluding hydrogens is 258 g/mol. The summed E-state index contributed by atoms with van der Waals surface area (Å²) in [7, 11) is 0. The van der Waals surface area contributed by atoms with Crippen LogP contribution in [0.1, 0.15) is 32.6 Å². The number of carbonyl (C=O) groups excluding carboxylic acids is 1. The van der Waals surface area contributed by atoms with Crippen molar-refractivity contribution in [1.29, 1.82) is 0 Å². The number of hydrogen-bond acceptors (Lipinski definition) is 6. The molecular formula is C9H13F2O5S-. The predicted octanol–water partition coefficient (Wildman–Crippen LogP) is 1.57. The molecule has 0 aromatic carbocycles. The standard InChI is InChI=1S/C9H14F2O5S/c1-6-2-4-7(5-3-6)14-8(12)9(10,11)17-16-15-13/h6-7,13H,2-5H2,1H3/p-1. The van der Waals surface area contributed by atoms with Gasteiger partial charge in [-0.25, -0.2) is 4.79 Å². The van der Waals surface area contributed by atoms with Crippen LogP contribution in [0.3, 0.4) is 0 Å². The molecule has 8 heteroatoms. The number of ether oxygens (including phenoxy) is 1. The van der Waals surface area contributed by atoms with E-state index in [0.717, 1.165) is 12.8 Å². The van der Waals surface area contributed by atoms with Gasteiger partial charge in [-0.2, -0.15) is 13.1 Å². The van der Waals surface area contributed by atoms with E-state index in [-0.39, 0.29) is 0 Å². The second kappa shape index (κ2) is 6.48. The minimum atomic E-state index is -3.94. The normalized spacial score (nSPS) is 25.6. The predicted molar refractivity (Wildman–Crippen MR) is 52.2 cm³/mol. The van der Waals surface area contributed by atoms with Gasteiger partial charge in [-0.3, -0.25) is 5.04 Å². The third-order valence-corrected chi connectivity index (χ3v) is 3.14. The van der Waals surface area contributed by atoms with Gasteiger partial charge < -0.3 is 9.99 Å². The first-order valence-electron chi connectivity index (χ1n) is 5.19. The van der Waals surface area contributed by atoms with Crippen LogP contribution in [0.4, 0.5) is 8.78 Å². The molecule has 0 amide bonds. The van der Waals surface area contributed by atoms with Crippen LogP contribution in [-0.2, 0) is 18.9 Å². The molecule has 0 atom stereocenters. The summed E-state index contributed by atoms with van der Waals surface area (Å²) in [6.45, 7) is 2.06. The maximum Gasteiger partial charge on any atom is 0.415 e. The fourth-order valence-corrected chi connectivity index (χ4v) is 1.89. The van der Waals surface area contributed by atoms with Crippen LogP contribution >= 0.6 is 12.0 Å². The first-order chi connectivity index (χ1) is 7.95. The zero-order valence-corrected chi connectivity index (χ0v) is 10.0. The van der Waals surface area contributed by atoms with E-state index in [1.807, 2.05) is 0 Å². The molecule has 0 unspecified atom stereocenters. The van der Waals surface area contributed by atoms with Crippen molar-refractivity contribution < 1.29 is 32.9 Å². The van der Waals surface area contributed by atoms with Gasteiger partial charge in [0, 0.05) is 0 Å². The van der Waals surface area contributed by atoms with Gasteiger partial charge in [0.25, 0.3) is 0 Å². The summed E-state index contributed by atoms with van der Waals surface area (Å²) in [6.07, 6.45) is 2.35. The first kappa shape index (κ1) is 14.6. The lowest BCUT2D eigenvalue weighted by atomic mass is 9.89. The molecule has 0 aromatic rings. The Hall–Kier alpha value is -0.440. The van der Waals surface area contributed by atoms with Crippen molar-refractivity contribution in [2.24, 2.45) is 5.92 Å². The fourth-order valence-electron chi connectivity index (χ4n) is 1.66. The molecule has 1 fully saturated rings. The largest absolute Gasteiger partial charge is 0.691 e. The Morgan fingerprint density at radius 3 is 2.47 bits per heavy atom. The highest BCUT2D eigenvalue weighted by molar-refractivity contribution is 7.96. The molecule has 1 aliphatic rings. The average molecular weight is 271 g/mol. The lowest BCUT2D eigenvalue weighted by molar-refractivity contribution is -0.777. The fraction of sp³-hybridized carbons (Fsp3) is 0.889. The summed E-state index contributed by atoms with van der Waals surface area (Å²) in [5.41, 5.74) is 0. The monoisotopic (exact) mass is 271 g/mol. The minimum absolute atomic E-state index is 0.488. The van der Waals surface area contributed by atoms with Crippen molar-refractivity contribution >= 4 is 18.0 Å². The molecule has 0 saturated heterocycles. The Labute approximate surface area is 101 Å². The lowest BCUT2D eigenvalue weighted by Crippen LogP contribution is -2.33. The third-order valence-electron chi connectivity index (χ3n) is 2.64. The molecule has 0 heterocycles. The van der Waals surface area contributed by atoms with E-state index in [0.29, 0.717) is 18.8 Å². The van der Waals surface area contributed by atoms with Crippen molar-refractivity contribution in [2.45, 2.75) is 44.0 Å². The van der Waals surface area contributed by atoms with E-state index >= 15 is 0 Å². The Morgan fingerprint density at radius 2 is 1.94 bits per heavy atom. The van der Waals surface area contributed by atoms with E-state index in [1.54, 1.807) is 0 Å². The second-order valence-corrected chi connectivity index (χ2v) is 4.84. The first-order valence-corrected chi connectivity index (χ1v) is 5.93. The number of rotatable bonds is 5. The smallest absolute Gasteiger partial charge is 0.415 e. The van der Waals surface area contributed by atoms with Gasteiger partial charge >= 0.3 is 11.2 Å². The van der Waals surface area contributed by atoms with E-state index in [2.05, 4.69) is 21.0 Å². The van der Waals surface area contributed by atoms with E-state index in [9.17, 15) is 18.8 Å². The number of esters is 1. The Bertz CT molecular complexity index is 256. The molecule has 0 bridgehead atoms. The highest BCUT2D eigenvalue weighted by Crippen LogP contribution is 2.33. The van der Waals surface area contributed by atoms with Crippen molar-refractivity contribution in [3.05, 3.63) is 0 Å². The number of halogens is 2. The van der Waals surface area contributed by atoms with Gasteiger partial charge in [-0.1, -0.05) is 6.92 Å². The molecule has 1 saturated carbocycles. The molecule has 0 radical (unpaired) electrons. The van der Waals surface area contributed by atoms with Crippen molar-refractivity contribution in [3.8, 4) is 0 Å². The van der Waals surface area contributed by atoms with E-state index in [4.69, 9.17) is 0 Å². The Kier molecular flexibility index (Phi) is 5.57. The van der Waals surface area contributed by atoms with Crippen LogP contribution in [0.25, 0.3) is 0 Å². The number of alkyl halides is 2. The molecule has 5 nitrogen and oxygen atoms in total. The molecule has 17 heavy (non-hydrogen) atoms. The summed E-state index contributed by atoms with van der Waals surface area (Å²) >= 11 is -0.667. The summed E-state index contributed by atoms with van der Waals surface area (Å²) < 4.78 is 34.1. The van der Waals surface area contributed by atoms with Gasteiger partial charge in [0.2, 0.25) is 0 Å². The topological polar surface area (TPSA) is 67.8 Å². The molecule has 0 aliphatic heterocycles. The number of carbonyl (C=O) groups is 1. The van der Waals surface area contributed by atoms with Crippen molar-refractivity contribution in [2.75, 3.05) is 0 Å². The maximum atomic E-state index is 13.0. The van der Waals surface area contributed by atoms with Gasteiger partial charge in [0.1, 0.15) is 18.1 Å². The van der Waals surface area contributed by atoms with Crippen LogP contribution in [0.2, 0.25) is 0 Å². The van der Waals surface area contributed by atoms with Gasteiger partial charge in [0.05, 0.1) is 0 Å². The van der Waals surface area contributed by atoms with Crippen LogP contribution < -0.4 is 5.26 Å². The van der Waals surface area contributed by atoms with Gasteiger partial charge in [-0.05, 0) is 31.6 Å². The number of hydrogen-bond donors (Lipinski definition) is 0. The van der Waals surface area contributed by atoms with Crippen molar-refractivity contribution in [1.82, 2.24) is 0 Å². The summed E-state index contributed by atoms with van der Waals surface area (Å²) in [5, 5.41) is 8.22. The van der Waals surface area contributed by atoms with Gasteiger partial charge in [0.15, 0.2) is 0 Å². The van der Waals surface area contributed by atoms with Crippen LogP contribution in [-0.4, -0.2) is 17.3 Å². The minimum Gasteiger partial charge on any atom is -0.691 e. The molecule has 1 rings (SSSR count). The third kappa shape index (κ3) is 4.74. The SMILES string of the molecule is CC1CCC(OC(=O)C(F)(F)SOO[O-])CC1. The zero-order valence-electron chi connectivity index (χ0n) is 9.19. The molecule has 1 aliphatic carbocycles. The average Bonchev–Trinajstić information content (AvgIpc) is 2.29.